The minimum atomic E-state index is -3.67. The number of aryl methyl sites for hydroxylation is 1. The van der Waals surface area contributed by atoms with Gasteiger partial charge in [0.1, 0.15) is 5.82 Å². The van der Waals surface area contributed by atoms with Crippen LogP contribution in [0.5, 0.6) is 0 Å². The maximum absolute atomic E-state index is 13.6. The van der Waals surface area contributed by atoms with Crippen molar-refractivity contribution in [3.05, 3.63) is 23.5 Å². The first-order chi connectivity index (χ1) is 9.55. The summed E-state index contributed by atoms with van der Waals surface area (Å²) in [7, 11) is -3.67. The fraction of sp³-hybridized carbons (Fsp3) is 0.600. The van der Waals surface area contributed by atoms with Crippen LogP contribution in [0.25, 0.3) is 0 Å². The zero-order chi connectivity index (χ0) is 16.4. The standard InChI is InChI=1S/C15H25FN2O2S/c1-10(2)8-18(9-11(3)4)21(19,20)13-6-12(5)15(16)14(17)7-13/h6-7,10-11H,8-9,17H2,1-5H3. The molecule has 0 saturated carbocycles. The van der Waals surface area contributed by atoms with E-state index < -0.39 is 15.8 Å². The summed E-state index contributed by atoms with van der Waals surface area (Å²) in [5.74, 6) is -0.150. The van der Waals surface area contributed by atoms with Crippen LogP contribution in [0.4, 0.5) is 10.1 Å². The third-order valence-electron chi connectivity index (χ3n) is 3.03. The molecule has 4 nitrogen and oxygen atoms in total. The first-order valence-electron chi connectivity index (χ1n) is 7.11. The van der Waals surface area contributed by atoms with Crippen molar-refractivity contribution in [1.29, 1.82) is 0 Å². The maximum Gasteiger partial charge on any atom is 0.243 e. The van der Waals surface area contributed by atoms with E-state index in [1.807, 2.05) is 27.7 Å². The van der Waals surface area contributed by atoms with Gasteiger partial charge in [-0.1, -0.05) is 27.7 Å². The van der Waals surface area contributed by atoms with Crippen molar-refractivity contribution >= 4 is 15.7 Å². The average molecular weight is 316 g/mol. The molecule has 0 bridgehead atoms. The number of nitrogens with zero attached hydrogens (tertiary/aromatic N) is 1. The highest BCUT2D eigenvalue weighted by molar-refractivity contribution is 7.89. The zero-order valence-corrected chi connectivity index (χ0v) is 14.2. The Morgan fingerprint density at radius 2 is 1.62 bits per heavy atom. The van der Waals surface area contributed by atoms with Gasteiger partial charge >= 0.3 is 0 Å². The highest BCUT2D eigenvalue weighted by Crippen LogP contribution is 2.24. The summed E-state index contributed by atoms with van der Waals surface area (Å²) in [6.07, 6.45) is 0. The average Bonchev–Trinajstić information content (AvgIpc) is 2.33. The molecule has 0 unspecified atom stereocenters. The topological polar surface area (TPSA) is 63.4 Å². The first kappa shape index (κ1) is 17.9. The number of nitrogens with two attached hydrogens (primary N) is 1. The molecule has 0 saturated heterocycles. The molecule has 1 aromatic rings. The molecule has 120 valence electrons. The quantitative estimate of drug-likeness (QED) is 0.821. The molecule has 0 aliphatic carbocycles. The molecule has 0 amide bonds. The number of rotatable bonds is 6. The van der Waals surface area contributed by atoms with Gasteiger partial charge in [0, 0.05) is 13.1 Å². The van der Waals surface area contributed by atoms with Crippen molar-refractivity contribution < 1.29 is 12.8 Å². The molecule has 2 N–H and O–H groups in total. The lowest BCUT2D eigenvalue weighted by Crippen LogP contribution is -2.37. The Balaban J connectivity index is 3.28. The van der Waals surface area contributed by atoms with Crippen LogP contribution in [0.15, 0.2) is 17.0 Å². The number of benzene rings is 1. The van der Waals surface area contributed by atoms with E-state index in [4.69, 9.17) is 5.73 Å². The Bertz CT molecular complexity index is 565. The van der Waals surface area contributed by atoms with E-state index in [2.05, 4.69) is 0 Å². The van der Waals surface area contributed by atoms with Crippen LogP contribution in [0, 0.1) is 24.6 Å². The summed E-state index contributed by atoms with van der Waals surface area (Å²) in [6.45, 7) is 10.2. The Labute approximate surface area is 127 Å². The number of hydrogen-bond donors (Lipinski definition) is 1. The third-order valence-corrected chi connectivity index (χ3v) is 4.84. The van der Waals surface area contributed by atoms with E-state index in [0.717, 1.165) is 0 Å². The summed E-state index contributed by atoms with van der Waals surface area (Å²) in [6, 6.07) is 2.54. The Kier molecular flexibility index (Phi) is 5.75. The van der Waals surface area contributed by atoms with Crippen LogP contribution in [-0.2, 0) is 10.0 Å². The van der Waals surface area contributed by atoms with Gasteiger partial charge in [-0.05, 0) is 36.5 Å². The predicted octanol–water partition coefficient (Wildman–Crippen LogP) is 3.02. The largest absolute Gasteiger partial charge is 0.396 e. The predicted molar refractivity (Wildman–Crippen MR) is 84.0 cm³/mol. The van der Waals surface area contributed by atoms with Crippen LogP contribution >= 0.6 is 0 Å². The van der Waals surface area contributed by atoms with Gasteiger partial charge in [0.15, 0.2) is 0 Å². The van der Waals surface area contributed by atoms with E-state index in [9.17, 15) is 12.8 Å². The van der Waals surface area contributed by atoms with Crippen molar-refractivity contribution in [3.63, 3.8) is 0 Å². The molecule has 0 aromatic heterocycles. The molecular formula is C15H25FN2O2S. The number of sulfonamides is 1. The highest BCUT2D eigenvalue weighted by Gasteiger charge is 2.27. The zero-order valence-electron chi connectivity index (χ0n) is 13.4. The lowest BCUT2D eigenvalue weighted by molar-refractivity contribution is 0.333. The third kappa shape index (κ3) is 4.41. The first-order valence-corrected chi connectivity index (χ1v) is 8.55. The molecule has 0 radical (unpaired) electrons. The van der Waals surface area contributed by atoms with Gasteiger partial charge in [-0.3, -0.25) is 0 Å². The number of anilines is 1. The second kappa shape index (κ2) is 6.75. The van der Waals surface area contributed by atoms with E-state index in [-0.39, 0.29) is 28.0 Å². The molecule has 0 heterocycles. The smallest absolute Gasteiger partial charge is 0.243 e. The van der Waals surface area contributed by atoms with Crippen LogP contribution in [-0.4, -0.2) is 25.8 Å². The van der Waals surface area contributed by atoms with E-state index >= 15 is 0 Å². The van der Waals surface area contributed by atoms with E-state index in [1.165, 1.54) is 23.4 Å². The summed E-state index contributed by atoms with van der Waals surface area (Å²) >= 11 is 0. The lowest BCUT2D eigenvalue weighted by Gasteiger charge is -2.26. The minimum Gasteiger partial charge on any atom is -0.396 e. The van der Waals surface area contributed by atoms with E-state index in [0.29, 0.717) is 13.1 Å². The Morgan fingerprint density at radius 1 is 1.14 bits per heavy atom. The van der Waals surface area contributed by atoms with Gasteiger partial charge in [0.2, 0.25) is 10.0 Å². The molecule has 0 atom stereocenters. The highest BCUT2D eigenvalue weighted by atomic mass is 32.2. The number of hydrogen-bond acceptors (Lipinski definition) is 3. The van der Waals surface area contributed by atoms with Gasteiger partial charge in [-0.2, -0.15) is 4.31 Å². The maximum atomic E-state index is 13.6. The molecule has 0 spiro atoms. The van der Waals surface area contributed by atoms with Gasteiger partial charge in [0.25, 0.3) is 0 Å². The van der Waals surface area contributed by atoms with Gasteiger partial charge in [0.05, 0.1) is 10.6 Å². The number of nitrogen functional groups attached to an aromatic ring is 1. The van der Waals surface area contributed by atoms with Crippen LogP contribution in [0.1, 0.15) is 33.3 Å². The van der Waals surface area contributed by atoms with Gasteiger partial charge < -0.3 is 5.73 Å². The summed E-state index contributed by atoms with van der Waals surface area (Å²) in [5.41, 5.74) is 5.66. The molecule has 0 aliphatic heterocycles. The van der Waals surface area contributed by atoms with Crippen molar-refractivity contribution in [2.45, 2.75) is 39.5 Å². The van der Waals surface area contributed by atoms with Crippen LogP contribution < -0.4 is 5.73 Å². The molecule has 1 aromatic carbocycles. The summed E-state index contributed by atoms with van der Waals surface area (Å²) < 4.78 is 40.6. The molecule has 21 heavy (non-hydrogen) atoms. The molecular weight excluding hydrogens is 291 g/mol. The van der Waals surface area contributed by atoms with Gasteiger partial charge in [-0.15, -0.1) is 0 Å². The Hall–Kier alpha value is -1.14. The minimum absolute atomic E-state index is 0.0557. The van der Waals surface area contributed by atoms with Crippen molar-refractivity contribution in [2.75, 3.05) is 18.8 Å². The second-order valence-corrected chi connectivity index (χ2v) is 8.19. The molecule has 0 aliphatic rings. The molecule has 0 fully saturated rings. The lowest BCUT2D eigenvalue weighted by atomic mass is 10.2. The molecule has 6 heteroatoms. The SMILES string of the molecule is Cc1cc(S(=O)(=O)N(CC(C)C)CC(C)C)cc(N)c1F. The fourth-order valence-electron chi connectivity index (χ4n) is 2.15. The van der Waals surface area contributed by atoms with Crippen molar-refractivity contribution in [1.82, 2.24) is 4.31 Å². The van der Waals surface area contributed by atoms with Crippen LogP contribution in [0.2, 0.25) is 0 Å². The van der Waals surface area contributed by atoms with Crippen molar-refractivity contribution in [3.8, 4) is 0 Å². The Morgan fingerprint density at radius 3 is 2.00 bits per heavy atom. The monoisotopic (exact) mass is 316 g/mol. The fourth-order valence-corrected chi connectivity index (χ4v) is 4.03. The molecule has 1 rings (SSSR count). The van der Waals surface area contributed by atoms with Crippen LogP contribution in [0.3, 0.4) is 0 Å². The normalized spacial score (nSPS) is 12.6. The summed E-state index contributed by atoms with van der Waals surface area (Å²) in [4.78, 5) is 0.0557. The second-order valence-electron chi connectivity index (χ2n) is 6.25. The number of halogens is 1. The van der Waals surface area contributed by atoms with E-state index in [1.54, 1.807) is 0 Å². The summed E-state index contributed by atoms with van der Waals surface area (Å²) in [5, 5.41) is 0. The van der Waals surface area contributed by atoms with Gasteiger partial charge in [-0.25, -0.2) is 12.8 Å². The van der Waals surface area contributed by atoms with Crippen molar-refractivity contribution in [2.24, 2.45) is 11.8 Å².